The van der Waals surface area contributed by atoms with Crippen molar-refractivity contribution in [2.24, 2.45) is 0 Å². The number of benzene rings is 1. The molecule has 1 aliphatic rings. The Morgan fingerprint density at radius 2 is 2.04 bits per heavy atom. The molecule has 23 heavy (non-hydrogen) atoms. The SMILES string of the molecule is CCN1CCC(C)(C)c2cc(C(C)C)cc(C(C)=C(F)C=O)c21. The van der Waals surface area contributed by atoms with Gasteiger partial charge in [-0.3, -0.25) is 4.79 Å². The Balaban J connectivity index is 2.84. The third kappa shape index (κ3) is 3.19. The van der Waals surface area contributed by atoms with Gasteiger partial charge in [-0.1, -0.05) is 33.8 Å². The number of hydrogen-bond acceptors (Lipinski definition) is 2. The maximum absolute atomic E-state index is 14.0. The number of halogens is 1. The van der Waals surface area contributed by atoms with Crippen LogP contribution in [0, 0.1) is 0 Å². The van der Waals surface area contributed by atoms with E-state index in [9.17, 15) is 9.18 Å². The molecular weight excluding hydrogens is 289 g/mol. The second kappa shape index (κ2) is 6.46. The minimum Gasteiger partial charge on any atom is -0.371 e. The molecule has 2 rings (SSSR count). The Morgan fingerprint density at radius 1 is 1.39 bits per heavy atom. The van der Waals surface area contributed by atoms with Crippen molar-refractivity contribution < 1.29 is 9.18 Å². The summed E-state index contributed by atoms with van der Waals surface area (Å²) in [5.74, 6) is -0.313. The van der Waals surface area contributed by atoms with Crippen LogP contribution in [0.4, 0.5) is 10.1 Å². The number of fused-ring (bicyclic) bond motifs is 1. The van der Waals surface area contributed by atoms with Crippen molar-refractivity contribution in [3.63, 3.8) is 0 Å². The van der Waals surface area contributed by atoms with Gasteiger partial charge in [-0.15, -0.1) is 0 Å². The molecule has 3 heteroatoms. The van der Waals surface area contributed by atoms with E-state index in [-0.39, 0.29) is 5.41 Å². The Morgan fingerprint density at radius 3 is 2.57 bits per heavy atom. The van der Waals surface area contributed by atoms with E-state index in [4.69, 9.17) is 0 Å². The predicted octanol–water partition coefficient (Wildman–Crippen LogP) is 5.22. The number of nitrogens with zero attached hydrogens (tertiary/aromatic N) is 1. The van der Waals surface area contributed by atoms with Crippen molar-refractivity contribution in [2.75, 3.05) is 18.0 Å². The van der Waals surface area contributed by atoms with Crippen molar-refractivity contribution in [3.8, 4) is 0 Å². The van der Waals surface area contributed by atoms with Gasteiger partial charge in [0.25, 0.3) is 0 Å². The molecule has 0 radical (unpaired) electrons. The number of rotatable bonds is 4. The van der Waals surface area contributed by atoms with Gasteiger partial charge in [0, 0.05) is 24.3 Å². The molecule has 0 atom stereocenters. The Bertz CT molecular complexity index is 643. The summed E-state index contributed by atoms with van der Waals surface area (Å²) in [5.41, 5.74) is 4.93. The highest BCUT2D eigenvalue weighted by Gasteiger charge is 2.33. The molecular formula is C20H28FNO. The third-order valence-electron chi connectivity index (χ3n) is 5.10. The van der Waals surface area contributed by atoms with Gasteiger partial charge in [-0.2, -0.15) is 0 Å². The summed E-state index contributed by atoms with van der Waals surface area (Å²) in [6.45, 7) is 14.5. The van der Waals surface area contributed by atoms with E-state index >= 15 is 0 Å². The molecule has 0 unspecified atom stereocenters. The van der Waals surface area contributed by atoms with Crippen LogP contribution in [-0.2, 0) is 10.2 Å². The average molecular weight is 317 g/mol. The maximum atomic E-state index is 14.0. The lowest BCUT2D eigenvalue weighted by atomic mass is 9.74. The minimum absolute atomic E-state index is 0.0542. The van der Waals surface area contributed by atoms with Crippen LogP contribution in [0.5, 0.6) is 0 Å². The highest BCUT2D eigenvalue weighted by molar-refractivity contribution is 5.90. The van der Waals surface area contributed by atoms with Gasteiger partial charge in [0.15, 0.2) is 12.1 Å². The van der Waals surface area contributed by atoms with E-state index < -0.39 is 5.83 Å². The zero-order valence-corrected chi connectivity index (χ0v) is 15.2. The molecule has 0 N–H and O–H groups in total. The van der Waals surface area contributed by atoms with E-state index in [0.29, 0.717) is 17.8 Å². The van der Waals surface area contributed by atoms with Gasteiger partial charge < -0.3 is 4.90 Å². The van der Waals surface area contributed by atoms with Crippen LogP contribution < -0.4 is 4.90 Å². The Labute approximate surface area is 139 Å². The molecule has 126 valence electrons. The number of aldehydes is 1. The van der Waals surface area contributed by atoms with Gasteiger partial charge in [-0.25, -0.2) is 4.39 Å². The van der Waals surface area contributed by atoms with Crippen molar-refractivity contribution in [3.05, 3.63) is 34.6 Å². The first-order chi connectivity index (χ1) is 10.7. The molecule has 1 aromatic rings. The van der Waals surface area contributed by atoms with Gasteiger partial charge in [0.1, 0.15) is 0 Å². The van der Waals surface area contributed by atoms with Gasteiger partial charge in [0.05, 0.1) is 0 Å². The smallest absolute Gasteiger partial charge is 0.178 e. The fourth-order valence-electron chi connectivity index (χ4n) is 3.33. The van der Waals surface area contributed by atoms with Crippen LogP contribution in [0.25, 0.3) is 5.57 Å². The van der Waals surface area contributed by atoms with Crippen molar-refractivity contribution in [1.82, 2.24) is 0 Å². The fraction of sp³-hybridized carbons (Fsp3) is 0.550. The van der Waals surface area contributed by atoms with E-state index in [1.165, 1.54) is 11.1 Å². The van der Waals surface area contributed by atoms with Crippen LogP contribution in [0.15, 0.2) is 18.0 Å². The van der Waals surface area contributed by atoms with Crippen LogP contribution in [0.3, 0.4) is 0 Å². The molecule has 0 saturated carbocycles. The van der Waals surface area contributed by atoms with Crippen molar-refractivity contribution in [1.29, 1.82) is 0 Å². The Kier molecular flexibility index (Phi) is 4.98. The summed E-state index contributed by atoms with van der Waals surface area (Å²) in [5, 5.41) is 0. The number of allylic oxidation sites excluding steroid dienone is 2. The number of anilines is 1. The average Bonchev–Trinajstić information content (AvgIpc) is 2.52. The molecule has 0 bridgehead atoms. The molecule has 0 saturated heterocycles. The van der Waals surface area contributed by atoms with E-state index in [2.05, 4.69) is 51.7 Å². The molecule has 1 aliphatic heterocycles. The van der Waals surface area contributed by atoms with Crippen LogP contribution in [-0.4, -0.2) is 19.4 Å². The summed E-state index contributed by atoms with van der Waals surface area (Å²) in [4.78, 5) is 13.2. The zero-order valence-electron chi connectivity index (χ0n) is 15.2. The van der Waals surface area contributed by atoms with Crippen molar-refractivity contribution >= 4 is 17.5 Å². The first-order valence-electron chi connectivity index (χ1n) is 8.48. The second-order valence-corrected chi connectivity index (χ2v) is 7.42. The zero-order chi connectivity index (χ0) is 17.4. The highest BCUT2D eigenvalue weighted by atomic mass is 19.1. The van der Waals surface area contributed by atoms with Crippen LogP contribution in [0.2, 0.25) is 0 Å². The first-order valence-corrected chi connectivity index (χ1v) is 8.48. The molecule has 1 heterocycles. The summed E-state index contributed by atoms with van der Waals surface area (Å²) in [7, 11) is 0. The molecule has 1 aromatic carbocycles. The quantitative estimate of drug-likeness (QED) is 0.561. The van der Waals surface area contributed by atoms with E-state index in [1.807, 2.05) is 0 Å². The molecule has 0 aliphatic carbocycles. The lowest BCUT2D eigenvalue weighted by Crippen LogP contribution is -2.38. The van der Waals surface area contributed by atoms with Crippen LogP contribution >= 0.6 is 0 Å². The van der Waals surface area contributed by atoms with Gasteiger partial charge >= 0.3 is 0 Å². The monoisotopic (exact) mass is 317 g/mol. The topological polar surface area (TPSA) is 20.3 Å². The molecule has 0 aromatic heterocycles. The lowest BCUT2D eigenvalue weighted by molar-refractivity contribution is -0.106. The summed E-state index contributed by atoms with van der Waals surface area (Å²) >= 11 is 0. The fourth-order valence-corrected chi connectivity index (χ4v) is 3.33. The highest BCUT2D eigenvalue weighted by Crippen LogP contribution is 2.45. The first kappa shape index (κ1) is 17.7. The van der Waals surface area contributed by atoms with Gasteiger partial charge in [0.2, 0.25) is 0 Å². The minimum atomic E-state index is -0.674. The Hall–Kier alpha value is -1.64. The predicted molar refractivity (Wildman–Crippen MR) is 95.8 cm³/mol. The standard InChI is InChI=1S/C20H28FNO/c1-7-22-9-8-20(5,6)17-11-15(13(2)3)10-16(19(17)22)14(4)18(21)12-23/h10-13H,7-9H2,1-6H3. The number of hydrogen-bond donors (Lipinski definition) is 0. The van der Waals surface area contributed by atoms with Crippen molar-refractivity contribution in [2.45, 2.75) is 59.3 Å². The van der Waals surface area contributed by atoms with E-state index in [1.54, 1.807) is 6.92 Å². The summed E-state index contributed by atoms with van der Waals surface area (Å²) in [6, 6.07) is 4.34. The molecule has 0 fully saturated rings. The lowest BCUT2D eigenvalue weighted by Gasteiger charge is -2.42. The molecule has 2 nitrogen and oxygen atoms in total. The summed E-state index contributed by atoms with van der Waals surface area (Å²) in [6.07, 6.45) is 1.39. The van der Waals surface area contributed by atoms with Gasteiger partial charge in [-0.05, 0) is 54.4 Å². The molecule has 0 amide bonds. The van der Waals surface area contributed by atoms with E-state index in [0.717, 1.165) is 30.8 Å². The second-order valence-electron chi connectivity index (χ2n) is 7.42. The third-order valence-corrected chi connectivity index (χ3v) is 5.10. The number of carbonyl (C=O) groups is 1. The normalized spacial score (nSPS) is 17.8. The van der Waals surface area contributed by atoms with Crippen LogP contribution in [0.1, 0.15) is 70.6 Å². The molecule has 0 spiro atoms. The number of carbonyl (C=O) groups excluding carboxylic acids is 1. The maximum Gasteiger partial charge on any atom is 0.178 e. The largest absolute Gasteiger partial charge is 0.371 e. The summed E-state index contributed by atoms with van der Waals surface area (Å²) < 4.78 is 14.0.